The van der Waals surface area contributed by atoms with Crippen molar-refractivity contribution in [3.05, 3.63) is 0 Å². The van der Waals surface area contributed by atoms with Crippen LogP contribution in [0.5, 0.6) is 0 Å². The number of hydrogen-bond donors (Lipinski definition) is 2. The van der Waals surface area contributed by atoms with Gasteiger partial charge in [-0.25, -0.2) is 0 Å². The van der Waals surface area contributed by atoms with Crippen molar-refractivity contribution < 1.29 is 14.3 Å². The van der Waals surface area contributed by atoms with Gasteiger partial charge in [0, 0.05) is 26.1 Å². The molecule has 1 fully saturated rings. The van der Waals surface area contributed by atoms with Crippen LogP contribution in [0.2, 0.25) is 0 Å². The monoisotopic (exact) mass is 271 g/mol. The van der Waals surface area contributed by atoms with Gasteiger partial charge >= 0.3 is 0 Å². The highest BCUT2D eigenvalue weighted by Gasteiger charge is 2.27. The summed E-state index contributed by atoms with van der Waals surface area (Å²) in [5.41, 5.74) is 5.55. The van der Waals surface area contributed by atoms with E-state index < -0.39 is 6.04 Å². The highest BCUT2D eigenvalue weighted by molar-refractivity contribution is 5.83. The van der Waals surface area contributed by atoms with Gasteiger partial charge in [-0.3, -0.25) is 9.59 Å². The second-order valence-electron chi connectivity index (χ2n) is 5.88. The van der Waals surface area contributed by atoms with Gasteiger partial charge in [0.25, 0.3) is 0 Å². The maximum atomic E-state index is 11.8. The molecule has 1 aliphatic rings. The van der Waals surface area contributed by atoms with Gasteiger partial charge in [-0.2, -0.15) is 0 Å². The highest BCUT2D eigenvalue weighted by atomic mass is 16.5. The minimum absolute atomic E-state index is 0.0490. The number of nitrogens with two attached hydrogens (primary N) is 1. The van der Waals surface area contributed by atoms with Crippen molar-refractivity contribution in [1.29, 1.82) is 0 Å². The Morgan fingerprint density at radius 2 is 1.89 bits per heavy atom. The van der Waals surface area contributed by atoms with Crippen LogP contribution in [0, 0.1) is 5.41 Å². The molecule has 1 rings (SSSR count). The molecule has 0 aromatic heterocycles. The molecule has 6 heteroatoms. The zero-order chi connectivity index (χ0) is 14.5. The summed E-state index contributed by atoms with van der Waals surface area (Å²) >= 11 is 0. The fourth-order valence-corrected chi connectivity index (χ4v) is 1.77. The molecule has 0 aromatic rings. The first-order valence-electron chi connectivity index (χ1n) is 6.71. The maximum absolute atomic E-state index is 11.8. The molecule has 0 aromatic carbocycles. The Morgan fingerprint density at radius 1 is 1.32 bits per heavy atom. The number of ether oxygens (including phenoxy) is 1. The lowest BCUT2D eigenvalue weighted by Gasteiger charge is -2.28. The summed E-state index contributed by atoms with van der Waals surface area (Å²) in [6, 6.07) is -0.564. The molecular formula is C13H25N3O3. The van der Waals surface area contributed by atoms with Crippen LogP contribution in [0.1, 0.15) is 27.2 Å². The summed E-state index contributed by atoms with van der Waals surface area (Å²) in [5, 5.41) is 2.72. The first kappa shape index (κ1) is 15.9. The number of nitrogens with one attached hydrogen (secondary N) is 1. The van der Waals surface area contributed by atoms with E-state index in [2.05, 4.69) is 5.32 Å². The van der Waals surface area contributed by atoms with Crippen molar-refractivity contribution in [3.8, 4) is 0 Å². The number of amides is 2. The zero-order valence-corrected chi connectivity index (χ0v) is 12.1. The van der Waals surface area contributed by atoms with Crippen molar-refractivity contribution in [1.82, 2.24) is 10.2 Å². The molecule has 0 spiro atoms. The Kier molecular flexibility index (Phi) is 5.75. The number of morpholine rings is 1. The molecule has 110 valence electrons. The lowest BCUT2D eigenvalue weighted by atomic mass is 9.87. The van der Waals surface area contributed by atoms with Crippen molar-refractivity contribution >= 4 is 11.8 Å². The van der Waals surface area contributed by atoms with Crippen LogP contribution in [0.3, 0.4) is 0 Å². The van der Waals surface area contributed by atoms with E-state index in [0.717, 1.165) is 0 Å². The van der Waals surface area contributed by atoms with Crippen LogP contribution in [0.25, 0.3) is 0 Å². The van der Waals surface area contributed by atoms with E-state index in [9.17, 15) is 9.59 Å². The van der Waals surface area contributed by atoms with Gasteiger partial charge in [0.05, 0.1) is 19.3 Å². The molecule has 0 bridgehead atoms. The average molecular weight is 271 g/mol. The third-order valence-corrected chi connectivity index (χ3v) is 3.22. The fraction of sp³-hybridized carbons (Fsp3) is 0.846. The Morgan fingerprint density at radius 3 is 2.42 bits per heavy atom. The molecule has 0 unspecified atom stereocenters. The second-order valence-corrected chi connectivity index (χ2v) is 5.88. The molecule has 3 N–H and O–H groups in total. The van der Waals surface area contributed by atoms with Gasteiger partial charge in [-0.1, -0.05) is 20.8 Å². The number of hydrogen-bond acceptors (Lipinski definition) is 4. The summed E-state index contributed by atoms with van der Waals surface area (Å²) in [7, 11) is 0. The molecule has 0 saturated carbocycles. The predicted molar refractivity (Wildman–Crippen MR) is 72.5 cm³/mol. The summed E-state index contributed by atoms with van der Waals surface area (Å²) in [6.45, 7) is 8.52. The van der Waals surface area contributed by atoms with Crippen molar-refractivity contribution in [2.24, 2.45) is 11.1 Å². The summed E-state index contributed by atoms with van der Waals surface area (Å²) < 4.78 is 5.18. The summed E-state index contributed by atoms with van der Waals surface area (Å²) in [6.07, 6.45) is 0.308. The van der Waals surface area contributed by atoms with E-state index in [4.69, 9.17) is 10.5 Å². The molecule has 1 atom stereocenters. The van der Waals surface area contributed by atoms with Gasteiger partial charge in [0.15, 0.2) is 0 Å². The summed E-state index contributed by atoms with van der Waals surface area (Å²) in [4.78, 5) is 25.4. The zero-order valence-electron chi connectivity index (χ0n) is 12.1. The molecular weight excluding hydrogens is 246 g/mol. The quantitative estimate of drug-likeness (QED) is 0.737. The van der Waals surface area contributed by atoms with E-state index in [0.29, 0.717) is 39.3 Å². The Hall–Kier alpha value is -1.14. The van der Waals surface area contributed by atoms with E-state index in [1.54, 1.807) is 4.90 Å². The minimum atomic E-state index is -0.564. The number of carbonyl (C=O) groups is 2. The van der Waals surface area contributed by atoms with Crippen LogP contribution >= 0.6 is 0 Å². The largest absolute Gasteiger partial charge is 0.378 e. The third kappa shape index (κ3) is 5.16. The average Bonchev–Trinajstić information content (AvgIpc) is 2.37. The number of carbonyl (C=O) groups excluding carboxylic acids is 2. The van der Waals surface area contributed by atoms with Crippen LogP contribution < -0.4 is 11.1 Å². The molecule has 1 heterocycles. The Bertz CT molecular complexity index is 320. The number of nitrogens with zero attached hydrogens (tertiary/aromatic N) is 1. The highest BCUT2D eigenvalue weighted by Crippen LogP contribution is 2.17. The van der Waals surface area contributed by atoms with Gasteiger partial charge < -0.3 is 20.7 Å². The summed E-state index contributed by atoms with van der Waals surface area (Å²) in [5.74, 6) is -0.157. The maximum Gasteiger partial charge on any atom is 0.237 e. The SMILES string of the molecule is CC(C)(C)[C@@H](N)C(=O)NCCC(=O)N1CCOCC1. The van der Waals surface area contributed by atoms with Crippen molar-refractivity contribution in [2.45, 2.75) is 33.2 Å². The predicted octanol–water partition coefficient (Wildman–Crippen LogP) is -0.275. The fourth-order valence-electron chi connectivity index (χ4n) is 1.77. The van der Waals surface area contributed by atoms with E-state index >= 15 is 0 Å². The van der Waals surface area contributed by atoms with Crippen molar-refractivity contribution in [2.75, 3.05) is 32.8 Å². The van der Waals surface area contributed by atoms with Crippen LogP contribution in [-0.2, 0) is 14.3 Å². The second kappa shape index (κ2) is 6.86. The van der Waals surface area contributed by atoms with Crippen LogP contribution in [0.15, 0.2) is 0 Å². The lowest BCUT2D eigenvalue weighted by Crippen LogP contribution is -2.49. The van der Waals surface area contributed by atoms with Crippen LogP contribution in [0.4, 0.5) is 0 Å². The molecule has 2 amide bonds. The molecule has 0 radical (unpaired) electrons. The van der Waals surface area contributed by atoms with Crippen LogP contribution in [-0.4, -0.2) is 55.6 Å². The molecule has 1 saturated heterocycles. The lowest BCUT2D eigenvalue weighted by molar-refractivity contribution is -0.135. The first-order chi connectivity index (χ1) is 8.82. The molecule has 6 nitrogen and oxygen atoms in total. The molecule has 19 heavy (non-hydrogen) atoms. The smallest absolute Gasteiger partial charge is 0.237 e. The van der Waals surface area contributed by atoms with Gasteiger partial charge in [0.2, 0.25) is 11.8 Å². The van der Waals surface area contributed by atoms with Gasteiger partial charge in [0.1, 0.15) is 0 Å². The van der Waals surface area contributed by atoms with Gasteiger partial charge in [-0.05, 0) is 5.41 Å². The Balaban J connectivity index is 2.26. The molecule has 1 aliphatic heterocycles. The minimum Gasteiger partial charge on any atom is -0.378 e. The van der Waals surface area contributed by atoms with Gasteiger partial charge in [-0.15, -0.1) is 0 Å². The van der Waals surface area contributed by atoms with E-state index in [1.807, 2.05) is 20.8 Å². The molecule has 0 aliphatic carbocycles. The van der Waals surface area contributed by atoms with E-state index in [-0.39, 0.29) is 17.2 Å². The van der Waals surface area contributed by atoms with Crippen molar-refractivity contribution in [3.63, 3.8) is 0 Å². The normalized spacial score (nSPS) is 18.0. The topological polar surface area (TPSA) is 84.7 Å². The third-order valence-electron chi connectivity index (χ3n) is 3.22. The standard InChI is InChI=1S/C13H25N3O3/c1-13(2,3)11(14)12(18)15-5-4-10(17)16-6-8-19-9-7-16/h11H,4-9,14H2,1-3H3,(H,15,18)/t11-/m0/s1. The Labute approximate surface area is 114 Å². The first-order valence-corrected chi connectivity index (χ1v) is 6.71. The van der Waals surface area contributed by atoms with E-state index in [1.165, 1.54) is 0 Å². The number of rotatable bonds is 4.